The summed E-state index contributed by atoms with van der Waals surface area (Å²) < 4.78 is 5.65. The van der Waals surface area contributed by atoms with Gasteiger partial charge in [-0.25, -0.2) is 0 Å². The maximum absolute atomic E-state index is 5.65. The van der Waals surface area contributed by atoms with Gasteiger partial charge >= 0.3 is 0 Å². The summed E-state index contributed by atoms with van der Waals surface area (Å²) in [6.07, 6.45) is 5.45. The van der Waals surface area contributed by atoms with Crippen molar-refractivity contribution in [3.05, 3.63) is 23.5 Å². The van der Waals surface area contributed by atoms with Crippen LogP contribution in [0.4, 0.5) is 0 Å². The molecule has 0 spiro atoms. The first-order valence-electron chi connectivity index (χ1n) is 5.13. The Labute approximate surface area is 81.5 Å². The lowest BCUT2D eigenvalue weighted by Crippen LogP contribution is -2.09. The largest absolute Gasteiger partial charge is 0.493 e. The van der Waals surface area contributed by atoms with Gasteiger partial charge in [0.15, 0.2) is 0 Å². The highest BCUT2D eigenvalue weighted by molar-refractivity contribution is 5.26. The van der Waals surface area contributed by atoms with Crippen molar-refractivity contribution in [1.29, 1.82) is 0 Å². The molecule has 0 aromatic rings. The van der Waals surface area contributed by atoms with Crippen molar-refractivity contribution in [1.82, 2.24) is 0 Å². The van der Waals surface area contributed by atoms with Crippen molar-refractivity contribution < 1.29 is 4.74 Å². The van der Waals surface area contributed by atoms with Crippen LogP contribution >= 0.6 is 0 Å². The zero-order chi connectivity index (χ0) is 9.84. The molecule has 0 radical (unpaired) electrons. The number of hydrogen-bond donors (Lipinski definition) is 0. The van der Waals surface area contributed by atoms with E-state index in [0.717, 1.165) is 13.0 Å². The van der Waals surface area contributed by atoms with Crippen LogP contribution in [0, 0.1) is 11.8 Å². The minimum Gasteiger partial charge on any atom is -0.493 e. The van der Waals surface area contributed by atoms with Crippen molar-refractivity contribution in [2.75, 3.05) is 6.61 Å². The quantitative estimate of drug-likeness (QED) is 0.645. The molecule has 0 aromatic heterocycles. The average molecular weight is 180 g/mol. The lowest BCUT2D eigenvalue weighted by molar-refractivity contribution is 0.205. The molecule has 0 aromatic carbocycles. The molecular formula is C12H20O. The van der Waals surface area contributed by atoms with Crippen LogP contribution in [0.1, 0.15) is 34.1 Å². The van der Waals surface area contributed by atoms with Crippen LogP contribution in [-0.2, 0) is 4.74 Å². The highest BCUT2D eigenvalue weighted by Crippen LogP contribution is 2.25. The minimum atomic E-state index is 0.513. The molecule has 1 nitrogen and oxygen atoms in total. The Morgan fingerprint density at radius 2 is 2.00 bits per heavy atom. The summed E-state index contributed by atoms with van der Waals surface area (Å²) in [4.78, 5) is 0. The van der Waals surface area contributed by atoms with E-state index in [0.29, 0.717) is 11.8 Å². The number of ether oxygens (including phenoxy) is 1. The van der Waals surface area contributed by atoms with E-state index in [4.69, 9.17) is 4.74 Å². The second-order valence-electron chi connectivity index (χ2n) is 4.36. The molecular weight excluding hydrogens is 160 g/mol. The van der Waals surface area contributed by atoms with Crippen LogP contribution < -0.4 is 0 Å². The molecule has 1 aliphatic rings. The van der Waals surface area contributed by atoms with Crippen LogP contribution in [0.2, 0.25) is 0 Å². The summed E-state index contributed by atoms with van der Waals surface area (Å²) in [5, 5.41) is 0. The third-order valence-electron chi connectivity index (χ3n) is 2.12. The highest BCUT2D eigenvalue weighted by atomic mass is 16.5. The first-order chi connectivity index (χ1) is 6.11. The SMILES string of the molecule is CC(C)CC1=C(C(C)C)OCC=C1. The molecule has 1 heteroatoms. The Bertz CT molecular complexity index is 221. The van der Waals surface area contributed by atoms with Crippen LogP contribution in [0.5, 0.6) is 0 Å². The smallest absolute Gasteiger partial charge is 0.106 e. The second kappa shape index (κ2) is 4.50. The Morgan fingerprint density at radius 1 is 1.31 bits per heavy atom. The van der Waals surface area contributed by atoms with Crippen LogP contribution in [-0.4, -0.2) is 6.61 Å². The van der Waals surface area contributed by atoms with Gasteiger partial charge in [0.05, 0.1) is 0 Å². The van der Waals surface area contributed by atoms with Gasteiger partial charge in [-0.15, -0.1) is 0 Å². The number of allylic oxidation sites excluding steroid dienone is 3. The molecule has 0 atom stereocenters. The van der Waals surface area contributed by atoms with E-state index in [9.17, 15) is 0 Å². The van der Waals surface area contributed by atoms with Gasteiger partial charge in [0.2, 0.25) is 0 Å². The molecule has 13 heavy (non-hydrogen) atoms. The summed E-state index contributed by atoms with van der Waals surface area (Å²) >= 11 is 0. The maximum Gasteiger partial charge on any atom is 0.106 e. The zero-order valence-corrected chi connectivity index (χ0v) is 9.13. The summed E-state index contributed by atoms with van der Waals surface area (Å²) in [5.74, 6) is 2.41. The Balaban J connectivity index is 2.78. The fraction of sp³-hybridized carbons (Fsp3) is 0.667. The molecule has 1 rings (SSSR count). The standard InChI is InChI=1S/C12H20O/c1-9(2)8-11-6-5-7-13-12(11)10(3)4/h5-6,9-10H,7-8H2,1-4H3. The molecule has 1 heterocycles. The van der Waals surface area contributed by atoms with Crippen molar-refractivity contribution in [3.8, 4) is 0 Å². The summed E-state index contributed by atoms with van der Waals surface area (Å²) in [6.45, 7) is 9.61. The molecule has 0 saturated carbocycles. The summed E-state index contributed by atoms with van der Waals surface area (Å²) in [7, 11) is 0. The normalized spacial score (nSPS) is 17.1. The Kier molecular flexibility index (Phi) is 3.58. The number of rotatable bonds is 3. The second-order valence-corrected chi connectivity index (χ2v) is 4.36. The fourth-order valence-corrected chi connectivity index (χ4v) is 1.65. The molecule has 0 aliphatic carbocycles. The van der Waals surface area contributed by atoms with E-state index in [2.05, 4.69) is 39.8 Å². The lowest BCUT2D eigenvalue weighted by Gasteiger charge is -2.21. The highest BCUT2D eigenvalue weighted by Gasteiger charge is 2.13. The summed E-state index contributed by atoms with van der Waals surface area (Å²) in [6, 6.07) is 0. The third kappa shape index (κ3) is 2.91. The van der Waals surface area contributed by atoms with Gasteiger partial charge in [0.25, 0.3) is 0 Å². The lowest BCUT2D eigenvalue weighted by atomic mass is 9.96. The molecule has 1 aliphatic heterocycles. The van der Waals surface area contributed by atoms with Gasteiger partial charge in [0, 0.05) is 5.92 Å². The van der Waals surface area contributed by atoms with Gasteiger partial charge in [0.1, 0.15) is 12.4 Å². The molecule has 0 unspecified atom stereocenters. The average Bonchev–Trinajstić information content (AvgIpc) is 2.03. The monoisotopic (exact) mass is 180 g/mol. The van der Waals surface area contributed by atoms with E-state index in [-0.39, 0.29) is 0 Å². The van der Waals surface area contributed by atoms with Gasteiger partial charge in [-0.3, -0.25) is 0 Å². The van der Waals surface area contributed by atoms with Crippen LogP contribution in [0.15, 0.2) is 23.5 Å². The van der Waals surface area contributed by atoms with Gasteiger partial charge in [-0.05, 0) is 24.0 Å². The fourth-order valence-electron chi connectivity index (χ4n) is 1.65. The van der Waals surface area contributed by atoms with Gasteiger partial charge < -0.3 is 4.74 Å². The maximum atomic E-state index is 5.65. The Morgan fingerprint density at radius 3 is 2.54 bits per heavy atom. The Hall–Kier alpha value is -0.720. The third-order valence-corrected chi connectivity index (χ3v) is 2.12. The van der Waals surface area contributed by atoms with Crippen LogP contribution in [0.3, 0.4) is 0 Å². The van der Waals surface area contributed by atoms with Crippen molar-refractivity contribution in [3.63, 3.8) is 0 Å². The topological polar surface area (TPSA) is 9.23 Å². The van der Waals surface area contributed by atoms with E-state index >= 15 is 0 Å². The van der Waals surface area contributed by atoms with Gasteiger partial charge in [-0.1, -0.05) is 33.8 Å². The summed E-state index contributed by atoms with van der Waals surface area (Å²) in [5.41, 5.74) is 1.39. The van der Waals surface area contributed by atoms with Gasteiger partial charge in [-0.2, -0.15) is 0 Å². The van der Waals surface area contributed by atoms with Crippen molar-refractivity contribution in [2.45, 2.75) is 34.1 Å². The van der Waals surface area contributed by atoms with Crippen LogP contribution in [0.25, 0.3) is 0 Å². The predicted octanol–water partition coefficient (Wildman–Crippen LogP) is 3.53. The zero-order valence-electron chi connectivity index (χ0n) is 9.13. The van der Waals surface area contributed by atoms with E-state index in [1.54, 1.807) is 0 Å². The molecule has 0 saturated heterocycles. The predicted molar refractivity (Wildman–Crippen MR) is 56.4 cm³/mol. The minimum absolute atomic E-state index is 0.513. The van der Waals surface area contributed by atoms with Crippen molar-refractivity contribution in [2.24, 2.45) is 11.8 Å². The molecule has 0 amide bonds. The van der Waals surface area contributed by atoms with E-state index in [1.807, 2.05) is 0 Å². The first-order valence-corrected chi connectivity index (χ1v) is 5.13. The number of hydrogen-bond acceptors (Lipinski definition) is 1. The molecule has 0 N–H and O–H groups in total. The molecule has 0 bridgehead atoms. The van der Waals surface area contributed by atoms with E-state index in [1.165, 1.54) is 11.3 Å². The molecule has 74 valence electrons. The van der Waals surface area contributed by atoms with Crippen molar-refractivity contribution >= 4 is 0 Å². The molecule has 0 fully saturated rings. The van der Waals surface area contributed by atoms with E-state index < -0.39 is 0 Å². The first kappa shape index (κ1) is 10.4.